The van der Waals surface area contributed by atoms with Gasteiger partial charge in [0.25, 0.3) is 0 Å². The second-order valence-corrected chi connectivity index (χ2v) is 7.71. The molecule has 0 aromatic heterocycles. The van der Waals surface area contributed by atoms with E-state index in [-0.39, 0.29) is 17.1 Å². The highest BCUT2D eigenvalue weighted by Gasteiger charge is 2.29. The van der Waals surface area contributed by atoms with Gasteiger partial charge >= 0.3 is 0 Å². The van der Waals surface area contributed by atoms with Crippen molar-refractivity contribution < 1.29 is 13.2 Å². The van der Waals surface area contributed by atoms with Crippen molar-refractivity contribution in [2.45, 2.75) is 38.9 Å². The van der Waals surface area contributed by atoms with Crippen LogP contribution < -0.4 is 4.74 Å². The van der Waals surface area contributed by atoms with Crippen LogP contribution >= 0.6 is 0 Å². The Morgan fingerprint density at radius 1 is 1.24 bits per heavy atom. The molecule has 0 saturated heterocycles. The molecule has 0 atom stereocenters. The van der Waals surface area contributed by atoms with Crippen LogP contribution in [0.4, 0.5) is 0 Å². The van der Waals surface area contributed by atoms with Crippen LogP contribution in [0.3, 0.4) is 0 Å². The highest BCUT2D eigenvalue weighted by molar-refractivity contribution is 7.90. The zero-order valence-electron chi connectivity index (χ0n) is 10.7. The summed E-state index contributed by atoms with van der Waals surface area (Å²) >= 11 is 0. The Hall–Kier alpha value is -1.03. The summed E-state index contributed by atoms with van der Waals surface area (Å²) < 4.78 is 28.6. The molecular weight excluding hydrogens is 236 g/mol. The minimum atomic E-state index is -3.10. The third-order valence-corrected chi connectivity index (χ3v) is 4.10. The van der Waals surface area contributed by atoms with Crippen molar-refractivity contribution in [2.24, 2.45) is 0 Å². The maximum absolute atomic E-state index is 11.6. The fourth-order valence-electron chi connectivity index (χ4n) is 2.11. The molecule has 0 saturated carbocycles. The van der Waals surface area contributed by atoms with E-state index in [2.05, 4.69) is 26.8 Å². The SMILES string of the molecule is Cc1cc2c(c(C(C)(C)C)c1)OCS(=O)(=O)C2. The molecule has 3 nitrogen and oxygen atoms in total. The first-order valence-electron chi connectivity index (χ1n) is 5.66. The van der Waals surface area contributed by atoms with Gasteiger partial charge in [0.2, 0.25) is 0 Å². The Morgan fingerprint density at radius 3 is 2.47 bits per heavy atom. The lowest BCUT2D eigenvalue weighted by Gasteiger charge is -2.28. The van der Waals surface area contributed by atoms with E-state index < -0.39 is 9.84 Å². The molecule has 1 heterocycles. The molecule has 1 aromatic carbocycles. The van der Waals surface area contributed by atoms with Crippen molar-refractivity contribution in [3.8, 4) is 5.75 Å². The van der Waals surface area contributed by atoms with E-state index >= 15 is 0 Å². The highest BCUT2D eigenvalue weighted by atomic mass is 32.2. The van der Waals surface area contributed by atoms with Gasteiger partial charge in [0.15, 0.2) is 15.8 Å². The van der Waals surface area contributed by atoms with Crippen LogP contribution in [0, 0.1) is 6.92 Å². The summed E-state index contributed by atoms with van der Waals surface area (Å²) in [4.78, 5) is 0. The van der Waals surface area contributed by atoms with Gasteiger partial charge in [0.05, 0.1) is 5.75 Å². The molecule has 0 radical (unpaired) electrons. The largest absolute Gasteiger partial charge is 0.477 e. The molecule has 0 aliphatic carbocycles. The zero-order chi connectivity index (χ0) is 12.8. The summed E-state index contributed by atoms with van der Waals surface area (Å²) in [7, 11) is -3.10. The fraction of sp³-hybridized carbons (Fsp3) is 0.538. The quantitative estimate of drug-likeness (QED) is 0.714. The first-order chi connectivity index (χ1) is 7.69. The molecule has 1 aliphatic rings. The van der Waals surface area contributed by atoms with Gasteiger partial charge in [-0.05, 0) is 12.3 Å². The average molecular weight is 254 g/mol. The average Bonchev–Trinajstić information content (AvgIpc) is 2.12. The molecule has 1 aromatic rings. The van der Waals surface area contributed by atoms with Crippen molar-refractivity contribution in [3.05, 3.63) is 28.8 Å². The summed E-state index contributed by atoms with van der Waals surface area (Å²) in [5, 5.41) is 0. The molecule has 0 N–H and O–H groups in total. The molecule has 4 heteroatoms. The maximum atomic E-state index is 11.6. The molecular formula is C13H18O3S. The van der Waals surface area contributed by atoms with Crippen molar-refractivity contribution >= 4 is 9.84 Å². The summed E-state index contributed by atoms with van der Waals surface area (Å²) in [6.45, 7) is 8.30. The monoisotopic (exact) mass is 254 g/mol. The molecule has 0 unspecified atom stereocenters. The third kappa shape index (κ3) is 2.46. The Bertz CT molecular complexity index is 551. The van der Waals surface area contributed by atoms with Gasteiger partial charge in [-0.15, -0.1) is 0 Å². The maximum Gasteiger partial charge on any atom is 0.189 e. The van der Waals surface area contributed by atoms with Crippen molar-refractivity contribution in [1.29, 1.82) is 0 Å². The molecule has 94 valence electrons. The third-order valence-electron chi connectivity index (χ3n) is 2.88. The normalized spacial score (nSPS) is 18.4. The minimum Gasteiger partial charge on any atom is -0.477 e. The van der Waals surface area contributed by atoms with E-state index in [1.165, 1.54) is 0 Å². The summed E-state index contributed by atoms with van der Waals surface area (Å²) in [6.07, 6.45) is 0. The number of aryl methyl sites for hydroxylation is 1. The molecule has 0 fully saturated rings. The van der Waals surface area contributed by atoms with Gasteiger partial charge in [-0.1, -0.05) is 38.5 Å². The van der Waals surface area contributed by atoms with E-state index in [1.807, 2.05) is 13.0 Å². The Morgan fingerprint density at radius 2 is 1.88 bits per heavy atom. The predicted molar refractivity (Wildman–Crippen MR) is 68.0 cm³/mol. The van der Waals surface area contributed by atoms with Crippen LogP contribution in [0.2, 0.25) is 0 Å². The lowest BCUT2D eigenvalue weighted by atomic mass is 9.84. The molecule has 1 aliphatic heterocycles. The van der Waals surface area contributed by atoms with Crippen LogP contribution in [0.15, 0.2) is 12.1 Å². The van der Waals surface area contributed by atoms with E-state index in [0.29, 0.717) is 0 Å². The smallest absolute Gasteiger partial charge is 0.189 e. The summed E-state index contributed by atoms with van der Waals surface area (Å²) in [6, 6.07) is 3.98. The number of sulfone groups is 1. The fourth-order valence-corrected chi connectivity index (χ4v) is 3.18. The summed E-state index contributed by atoms with van der Waals surface area (Å²) in [5.41, 5.74) is 2.91. The van der Waals surface area contributed by atoms with Crippen LogP contribution in [0.5, 0.6) is 5.75 Å². The molecule has 0 amide bonds. The van der Waals surface area contributed by atoms with Gasteiger partial charge in [0.1, 0.15) is 5.75 Å². The van der Waals surface area contributed by atoms with E-state index in [0.717, 1.165) is 22.4 Å². The summed E-state index contributed by atoms with van der Waals surface area (Å²) in [5.74, 6) is 0.650. The predicted octanol–water partition coefficient (Wildman–Crippen LogP) is 2.56. The van der Waals surface area contributed by atoms with Crippen LogP contribution in [0.1, 0.15) is 37.5 Å². The van der Waals surface area contributed by atoms with E-state index in [4.69, 9.17) is 4.74 Å². The minimum absolute atomic E-state index is 0.0444. The van der Waals surface area contributed by atoms with Gasteiger partial charge in [-0.25, -0.2) is 8.42 Å². The topological polar surface area (TPSA) is 43.4 Å². The van der Waals surface area contributed by atoms with Gasteiger partial charge < -0.3 is 4.74 Å². The van der Waals surface area contributed by atoms with Gasteiger partial charge in [-0.2, -0.15) is 0 Å². The molecule has 0 spiro atoms. The van der Waals surface area contributed by atoms with Crippen LogP contribution in [-0.2, 0) is 21.0 Å². The Labute approximate surface area is 103 Å². The number of benzene rings is 1. The second kappa shape index (κ2) is 3.73. The number of ether oxygens (including phenoxy) is 1. The van der Waals surface area contributed by atoms with Crippen LogP contribution in [0.25, 0.3) is 0 Å². The Balaban J connectivity index is 2.63. The molecule has 0 bridgehead atoms. The van der Waals surface area contributed by atoms with E-state index in [9.17, 15) is 8.42 Å². The standard InChI is InChI=1S/C13H18O3S/c1-9-5-10-7-17(14,15)8-16-12(10)11(6-9)13(2,3)4/h5-6H,7-8H2,1-4H3. The van der Waals surface area contributed by atoms with Gasteiger partial charge in [0, 0.05) is 11.1 Å². The highest BCUT2D eigenvalue weighted by Crippen LogP contribution is 2.38. The van der Waals surface area contributed by atoms with Crippen LogP contribution in [-0.4, -0.2) is 14.4 Å². The number of hydrogen-bond donors (Lipinski definition) is 0. The second-order valence-electron chi connectivity index (χ2n) is 5.70. The first kappa shape index (κ1) is 12.4. The lowest BCUT2D eigenvalue weighted by molar-refractivity contribution is 0.352. The Kier molecular flexibility index (Phi) is 2.73. The lowest BCUT2D eigenvalue weighted by Crippen LogP contribution is -2.24. The zero-order valence-corrected chi connectivity index (χ0v) is 11.5. The van der Waals surface area contributed by atoms with Crippen molar-refractivity contribution in [2.75, 3.05) is 5.94 Å². The number of fused-ring (bicyclic) bond motifs is 1. The van der Waals surface area contributed by atoms with Gasteiger partial charge in [-0.3, -0.25) is 0 Å². The van der Waals surface area contributed by atoms with Crippen molar-refractivity contribution in [1.82, 2.24) is 0 Å². The number of hydrogen-bond acceptors (Lipinski definition) is 3. The molecule has 17 heavy (non-hydrogen) atoms. The van der Waals surface area contributed by atoms with Crippen molar-refractivity contribution in [3.63, 3.8) is 0 Å². The number of rotatable bonds is 0. The molecule has 2 rings (SSSR count). The van der Waals surface area contributed by atoms with E-state index in [1.54, 1.807) is 0 Å². The first-order valence-corrected chi connectivity index (χ1v) is 7.48.